The summed E-state index contributed by atoms with van der Waals surface area (Å²) in [6.07, 6.45) is 0. The number of nitro benzene ring substituents is 1. The van der Waals surface area contributed by atoms with Crippen molar-refractivity contribution in [2.45, 2.75) is 13.5 Å². The second-order valence-electron chi connectivity index (χ2n) is 3.81. The van der Waals surface area contributed by atoms with Gasteiger partial charge in [0.1, 0.15) is 10.6 Å². The first kappa shape index (κ1) is 13.9. The lowest BCUT2D eigenvalue weighted by Gasteiger charge is -2.04. The Hall–Kier alpha value is -2.48. The van der Waals surface area contributed by atoms with Crippen LogP contribution in [0, 0.1) is 17.0 Å². The third-order valence-corrected chi connectivity index (χ3v) is 2.69. The summed E-state index contributed by atoms with van der Waals surface area (Å²) in [5.41, 5.74) is -0.563. The van der Waals surface area contributed by atoms with Gasteiger partial charge in [-0.3, -0.25) is 14.9 Å². The maximum Gasteiger partial charge on any atom is 0.300 e. The van der Waals surface area contributed by atoms with Gasteiger partial charge in [-0.05, 0) is 19.1 Å². The highest BCUT2D eigenvalue weighted by atomic mass is 35.5. The van der Waals surface area contributed by atoms with Gasteiger partial charge in [0.25, 0.3) is 5.91 Å². The Morgan fingerprint density at radius 1 is 1.55 bits per heavy atom. The van der Waals surface area contributed by atoms with Gasteiger partial charge in [-0.2, -0.15) is 4.98 Å². The van der Waals surface area contributed by atoms with Crippen molar-refractivity contribution in [1.29, 1.82) is 0 Å². The van der Waals surface area contributed by atoms with Crippen LogP contribution < -0.4 is 5.32 Å². The van der Waals surface area contributed by atoms with E-state index < -0.39 is 16.5 Å². The number of hydrogen-bond donors (Lipinski definition) is 1. The normalized spacial score (nSPS) is 10.3. The van der Waals surface area contributed by atoms with Crippen molar-refractivity contribution < 1.29 is 14.2 Å². The van der Waals surface area contributed by atoms with E-state index in [0.29, 0.717) is 5.82 Å². The lowest BCUT2D eigenvalue weighted by molar-refractivity contribution is -0.385. The second kappa shape index (κ2) is 5.66. The summed E-state index contributed by atoms with van der Waals surface area (Å²) in [7, 11) is 0. The van der Waals surface area contributed by atoms with Crippen molar-refractivity contribution in [1.82, 2.24) is 15.5 Å². The lowest BCUT2D eigenvalue weighted by atomic mass is 10.1. The van der Waals surface area contributed by atoms with E-state index in [-0.39, 0.29) is 23.0 Å². The van der Waals surface area contributed by atoms with E-state index in [1.54, 1.807) is 6.92 Å². The van der Waals surface area contributed by atoms with E-state index in [4.69, 9.17) is 16.1 Å². The first-order valence-corrected chi connectivity index (χ1v) is 5.87. The molecule has 0 radical (unpaired) electrons. The summed E-state index contributed by atoms with van der Waals surface area (Å²) in [6, 6.07) is 4.12. The van der Waals surface area contributed by atoms with Gasteiger partial charge in [0, 0.05) is 0 Å². The fourth-order valence-electron chi connectivity index (χ4n) is 1.55. The van der Waals surface area contributed by atoms with Crippen molar-refractivity contribution in [2.75, 3.05) is 0 Å². The predicted molar refractivity (Wildman–Crippen MR) is 68.3 cm³/mol. The summed E-state index contributed by atoms with van der Waals surface area (Å²) < 4.78 is 4.82. The summed E-state index contributed by atoms with van der Waals surface area (Å²) in [5.74, 6) is -0.00132. The minimum atomic E-state index is -0.700. The molecule has 8 nitrogen and oxygen atoms in total. The predicted octanol–water partition coefficient (Wildman–Crippen LogP) is 1.87. The molecular formula is C11H9ClN4O4. The molecule has 0 unspecified atom stereocenters. The Morgan fingerprint density at radius 2 is 2.30 bits per heavy atom. The topological polar surface area (TPSA) is 111 Å². The average molecular weight is 297 g/mol. The molecule has 0 fully saturated rings. The van der Waals surface area contributed by atoms with Crippen LogP contribution in [0.5, 0.6) is 0 Å². The number of aromatic nitrogens is 2. The number of benzene rings is 1. The third-order valence-electron chi connectivity index (χ3n) is 2.38. The quantitative estimate of drug-likeness (QED) is 0.681. The molecule has 1 amide bonds. The number of carbonyl (C=O) groups excluding carboxylic acids is 1. The van der Waals surface area contributed by atoms with E-state index >= 15 is 0 Å². The fraction of sp³-hybridized carbons (Fsp3) is 0.182. The molecule has 9 heteroatoms. The van der Waals surface area contributed by atoms with Crippen LogP contribution in [0.15, 0.2) is 22.7 Å². The Morgan fingerprint density at radius 3 is 2.90 bits per heavy atom. The van der Waals surface area contributed by atoms with E-state index in [2.05, 4.69) is 15.5 Å². The van der Waals surface area contributed by atoms with Crippen molar-refractivity contribution in [2.24, 2.45) is 0 Å². The minimum Gasteiger partial charge on any atom is -0.343 e. The van der Waals surface area contributed by atoms with Crippen molar-refractivity contribution in [3.8, 4) is 0 Å². The zero-order chi connectivity index (χ0) is 14.7. The zero-order valence-electron chi connectivity index (χ0n) is 10.3. The fourth-order valence-corrected chi connectivity index (χ4v) is 1.79. The van der Waals surface area contributed by atoms with Crippen molar-refractivity contribution >= 4 is 23.2 Å². The van der Waals surface area contributed by atoms with Crippen LogP contribution in [0.4, 0.5) is 5.69 Å². The number of rotatable bonds is 4. The summed E-state index contributed by atoms with van der Waals surface area (Å²) in [6.45, 7) is 1.61. The Balaban J connectivity index is 2.17. The highest BCUT2D eigenvalue weighted by Crippen LogP contribution is 2.28. The number of amides is 1. The molecule has 20 heavy (non-hydrogen) atoms. The molecule has 0 saturated heterocycles. The molecular weight excluding hydrogens is 288 g/mol. The highest BCUT2D eigenvalue weighted by Gasteiger charge is 2.23. The van der Waals surface area contributed by atoms with Gasteiger partial charge in [0.05, 0.1) is 11.5 Å². The Bertz CT molecular complexity index is 670. The summed E-state index contributed by atoms with van der Waals surface area (Å²) >= 11 is 5.73. The highest BCUT2D eigenvalue weighted by molar-refractivity contribution is 6.33. The molecule has 0 aliphatic heterocycles. The molecule has 0 aliphatic carbocycles. The van der Waals surface area contributed by atoms with Gasteiger partial charge in [-0.1, -0.05) is 22.8 Å². The molecule has 1 aromatic carbocycles. The maximum atomic E-state index is 11.9. The van der Waals surface area contributed by atoms with Gasteiger partial charge < -0.3 is 9.84 Å². The summed E-state index contributed by atoms with van der Waals surface area (Å²) in [5, 5.41) is 16.8. The molecule has 0 bridgehead atoms. The monoisotopic (exact) mass is 296 g/mol. The molecule has 0 aliphatic rings. The molecule has 0 atom stereocenters. The standard InChI is InChI=1S/C11H9ClN4O4/c1-6-14-9(20-15-6)5-13-11(17)7-3-2-4-8(12)10(7)16(18)19/h2-4H,5H2,1H3,(H,13,17). The number of nitrogens with one attached hydrogen (secondary N) is 1. The van der Waals surface area contributed by atoms with Crippen LogP contribution in [-0.2, 0) is 6.54 Å². The molecule has 1 N–H and O–H groups in total. The number of halogens is 1. The zero-order valence-corrected chi connectivity index (χ0v) is 11.0. The molecule has 1 aromatic heterocycles. The number of nitrogens with zero attached hydrogens (tertiary/aromatic N) is 3. The van der Waals surface area contributed by atoms with E-state index in [1.165, 1.54) is 18.2 Å². The van der Waals surface area contributed by atoms with Crippen LogP contribution in [0.2, 0.25) is 5.02 Å². The van der Waals surface area contributed by atoms with Crippen molar-refractivity contribution in [3.63, 3.8) is 0 Å². The Kier molecular flexibility index (Phi) is 3.94. The number of nitro groups is 1. The van der Waals surface area contributed by atoms with E-state index in [9.17, 15) is 14.9 Å². The third kappa shape index (κ3) is 2.91. The van der Waals surface area contributed by atoms with Crippen molar-refractivity contribution in [3.05, 3.63) is 50.6 Å². The van der Waals surface area contributed by atoms with E-state index in [1.807, 2.05) is 0 Å². The van der Waals surface area contributed by atoms with Gasteiger partial charge in [0.15, 0.2) is 5.82 Å². The first-order valence-electron chi connectivity index (χ1n) is 5.49. The van der Waals surface area contributed by atoms with Gasteiger partial charge >= 0.3 is 5.69 Å². The van der Waals surface area contributed by atoms with Crippen LogP contribution in [0.1, 0.15) is 22.1 Å². The second-order valence-corrected chi connectivity index (χ2v) is 4.22. The molecule has 0 spiro atoms. The van der Waals surface area contributed by atoms with Gasteiger partial charge in [0.2, 0.25) is 5.89 Å². The average Bonchev–Trinajstić information content (AvgIpc) is 2.81. The summed E-state index contributed by atoms with van der Waals surface area (Å²) in [4.78, 5) is 26.1. The number of hydrogen-bond acceptors (Lipinski definition) is 6. The van der Waals surface area contributed by atoms with Crippen LogP contribution in [-0.4, -0.2) is 21.0 Å². The molecule has 104 valence electrons. The molecule has 2 rings (SSSR count). The first-order chi connectivity index (χ1) is 9.49. The van der Waals surface area contributed by atoms with Crippen LogP contribution in [0.25, 0.3) is 0 Å². The molecule has 1 heterocycles. The van der Waals surface area contributed by atoms with Gasteiger partial charge in [-0.25, -0.2) is 0 Å². The van der Waals surface area contributed by atoms with Crippen LogP contribution in [0.3, 0.4) is 0 Å². The smallest absolute Gasteiger partial charge is 0.300 e. The molecule has 0 saturated carbocycles. The SMILES string of the molecule is Cc1noc(CNC(=O)c2cccc(Cl)c2[N+](=O)[O-])n1. The van der Waals surface area contributed by atoms with Gasteiger partial charge in [-0.15, -0.1) is 0 Å². The number of para-hydroxylation sites is 1. The van der Waals surface area contributed by atoms with Crippen LogP contribution >= 0.6 is 11.6 Å². The minimum absolute atomic E-state index is 0.0245. The largest absolute Gasteiger partial charge is 0.343 e. The lowest BCUT2D eigenvalue weighted by Crippen LogP contribution is -2.24. The maximum absolute atomic E-state index is 11.9. The molecule has 2 aromatic rings. The number of aryl methyl sites for hydroxylation is 1. The Labute approximate surface area is 117 Å². The number of carbonyl (C=O) groups is 1. The van der Waals surface area contributed by atoms with E-state index in [0.717, 1.165) is 0 Å².